The summed E-state index contributed by atoms with van der Waals surface area (Å²) in [5, 5.41) is 9.88. The summed E-state index contributed by atoms with van der Waals surface area (Å²) < 4.78 is 10.3. The molecule has 0 aromatic heterocycles. The molecule has 0 unspecified atom stereocenters. The molecule has 0 amide bonds. The SMILES string of the molecule is CCC[C@@H]1CC2=C(C(=O)O1)[C@@H](O)[C@@H]1O[C@@H]1C2=O. The smallest absolute Gasteiger partial charge is 0.337 e. The molecule has 4 atom stereocenters. The number of fused-ring (bicyclic) bond motifs is 1. The second-order valence-corrected chi connectivity index (χ2v) is 4.74. The lowest BCUT2D eigenvalue weighted by Gasteiger charge is -2.29. The molecule has 5 heteroatoms. The van der Waals surface area contributed by atoms with Crippen LogP contribution in [0.25, 0.3) is 0 Å². The molecule has 0 saturated carbocycles. The number of carbonyl (C=O) groups excluding carboxylic acids is 2. The molecule has 0 radical (unpaired) electrons. The van der Waals surface area contributed by atoms with Crippen molar-refractivity contribution < 1.29 is 24.2 Å². The van der Waals surface area contributed by atoms with Gasteiger partial charge >= 0.3 is 5.97 Å². The van der Waals surface area contributed by atoms with Crippen molar-refractivity contribution >= 4 is 11.8 Å². The van der Waals surface area contributed by atoms with Gasteiger partial charge in [-0.3, -0.25) is 4.79 Å². The van der Waals surface area contributed by atoms with Crippen LogP contribution < -0.4 is 0 Å². The van der Waals surface area contributed by atoms with Gasteiger partial charge in [-0.05, 0) is 6.42 Å². The second kappa shape index (κ2) is 3.65. The molecule has 2 heterocycles. The Morgan fingerprint density at radius 1 is 1.41 bits per heavy atom. The number of cyclic esters (lactones) is 1. The van der Waals surface area contributed by atoms with Crippen LogP contribution in [-0.4, -0.2) is 41.3 Å². The van der Waals surface area contributed by atoms with Crippen LogP contribution in [0.4, 0.5) is 0 Å². The molecule has 1 saturated heterocycles. The highest BCUT2D eigenvalue weighted by molar-refractivity contribution is 6.10. The van der Waals surface area contributed by atoms with Crippen molar-refractivity contribution in [1.82, 2.24) is 0 Å². The van der Waals surface area contributed by atoms with Crippen molar-refractivity contribution in [3.63, 3.8) is 0 Å². The van der Waals surface area contributed by atoms with Crippen molar-refractivity contribution in [2.75, 3.05) is 0 Å². The summed E-state index contributed by atoms with van der Waals surface area (Å²) in [5.41, 5.74) is 0.548. The van der Waals surface area contributed by atoms with Gasteiger partial charge < -0.3 is 14.6 Å². The highest BCUT2D eigenvalue weighted by atomic mass is 16.6. The van der Waals surface area contributed by atoms with Crippen LogP contribution in [0.1, 0.15) is 26.2 Å². The lowest BCUT2D eigenvalue weighted by molar-refractivity contribution is -0.148. The Morgan fingerprint density at radius 2 is 2.18 bits per heavy atom. The first-order chi connectivity index (χ1) is 8.13. The molecule has 17 heavy (non-hydrogen) atoms. The average Bonchev–Trinajstić information content (AvgIpc) is 3.06. The van der Waals surface area contributed by atoms with E-state index in [1.807, 2.05) is 6.92 Å². The van der Waals surface area contributed by atoms with E-state index >= 15 is 0 Å². The molecule has 3 aliphatic rings. The first kappa shape index (κ1) is 10.9. The summed E-state index contributed by atoms with van der Waals surface area (Å²) in [5.74, 6) is -0.701. The van der Waals surface area contributed by atoms with Crippen LogP contribution in [0.15, 0.2) is 11.1 Å². The quantitative estimate of drug-likeness (QED) is 0.546. The minimum atomic E-state index is -0.997. The van der Waals surface area contributed by atoms with E-state index in [0.29, 0.717) is 12.0 Å². The van der Waals surface area contributed by atoms with Crippen LogP contribution in [-0.2, 0) is 19.1 Å². The van der Waals surface area contributed by atoms with E-state index in [1.54, 1.807) is 0 Å². The summed E-state index contributed by atoms with van der Waals surface area (Å²) in [7, 11) is 0. The highest BCUT2D eigenvalue weighted by Gasteiger charge is 2.58. The summed E-state index contributed by atoms with van der Waals surface area (Å²) in [6, 6.07) is 0. The summed E-state index contributed by atoms with van der Waals surface area (Å²) in [4.78, 5) is 23.7. The maximum atomic E-state index is 11.9. The predicted molar refractivity (Wildman–Crippen MR) is 56.1 cm³/mol. The molecule has 1 aliphatic carbocycles. The van der Waals surface area contributed by atoms with Gasteiger partial charge in [0.05, 0.1) is 5.57 Å². The van der Waals surface area contributed by atoms with Crippen molar-refractivity contribution in [2.24, 2.45) is 0 Å². The van der Waals surface area contributed by atoms with Crippen LogP contribution in [0.3, 0.4) is 0 Å². The third-order valence-corrected chi connectivity index (χ3v) is 3.55. The van der Waals surface area contributed by atoms with Crippen LogP contribution in [0.2, 0.25) is 0 Å². The molecule has 0 spiro atoms. The van der Waals surface area contributed by atoms with Crippen LogP contribution in [0.5, 0.6) is 0 Å². The first-order valence-corrected chi connectivity index (χ1v) is 5.95. The van der Waals surface area contributed by atoms with Gasteiger partial charge in [-0.25, -0.2) is 4.79 Å². The number of ether oxygens (including phenoxy) is 2. The first-order valence-electron chi connectivity index (χ1n) is 5.95. The summed E-state index contributed by atoms with van der Waals surface area (Å²) >= 11 is 0. The largest absolute Gasteiger partial charge is 0.459 e. The Balaban J connectivity index is 1.94. The molecule has 2 aliphatic heterocycles. The maximum Gasteiger partial charge on any atom is 0.337 e. The maximum absolute atomic E-state index is 11.9. The molecule has 92 valence electrons. The number of hydrogen-bond acceptors (Lipinski definition) is 5. The number of esters is 1. The molecule has 1 N–H and O–H groups in total. The van der Waals surface area contributed by atoms with E-state index in [1.165, 1.54) is 0 Å². The van der Waals surface area contributed by atoms with Crippen molar-refractivity contribution in [1.29, 1.82) is 0 Å². The van der Waals surface area contributed by atoms with E-state index in [-0.39, 0.29) is 17.5 Å². The zero-order valence-corrected chi connectivity index (χ0v) is 9.51. The number of hydrogen-bond donors (Lipinski definition) is 1. The lowest BCUT2D eigenvalue weighted by Crippen LogP contribution is -2.41. The van der Waals surface area contributed by atoms with Gasteiger partial charge in [-0.1, -0.05) is 13.3 Å². The minimum Gasteiger partial charge on any atom is -0.459 e. The van der Waals surface area contributed by atoms with Gasteiger partial charge in [0.15, 0.2) is 5.78 Å². The standard InChI is InChI=1S/C12H14O5/c1-2-3-5-4-6-7(12(15)16-5)9(14)11-10(17-11)8(6)13/h5,9-11,14H,2-4H2,1H3/t5-,9-,10-,11+/m1/s1. The Hall–Kier alpha value is -1.20. The molecule has 0 aromatic rings. The Labute approximate surface area is 98.4 Å². The third kappa shape index (κ3) is 1.53. The van der Waals surface area contributed by atoms with Gasteiger partial charge in [0, 0.05) is 12.0 Å². The van der Waals surface area contributed by atoms with E-state index in [0.717, 1.165) is 12.8 Å². The van der Waals surface area contributed by atoms with Gasteiger partial charge in [-0.15, -0.1) is 0 Å². The Bertz CT molecular complexity index is 425. The second-order valence-electron chi connectivity index (χ2n) is 4.74. The van der Waals surface area contributed by atoms with Crippen molar-refractivity contribution in [3.05, 3.63) is 11.1 Å². The molecule has 0 bridgehead atoms. The monoisotopic (exact) mass is 238 g/mol. The van der Waals surface area contributed by atoms with Gasteiger partial charge in [0.25, 0.3) is 0 Å². The molecule has 0 aromatic carbocycles. The van der Waals surface area contributed by atoms with Crippen molar-refractivity contribution in [3.8, 4) is 0 Å². The van der Waals surface area contributed by atoms with E-state index in [4.69, 9.17) is 9.47 Å². The number of aliphatic hydroxyl groups excluding tert-OH is 1. The van der Waals surface area contributed by atoms with Gasteiger partial charge in [0.1, 0.15) is 24.4 Å². The number of carbonyl (C=O) groups is 2. The molecule has 3 rings (SSSR count). The Kier molecular flexibility index (Phi) is 2.34. The van der Waals surface area contributed by atoms with E-state index < -0.39 is 24.3 Å². The minimum absolute atomic E-state index is 0.126. The molecule has 1 fully saturated rings. The number of rotatable bonds is 2. The van der Waals surface area contributed by atoms with Crippen molar-refractivity contribution in [2.45, 2.75) is 50.6 Å². The zero-order chi connectivity index (χ0) is 12.2. The number of ketones is 1. The fourth-order valence-corrected chi connectivity index (χ4v) is 2.64. The van der Waals surface area contributed by atoms with E-state index in [9.17, 15) is 14.7 Å². The van der Waals surface area contributed by atoms with Crippen LogP contribution in [0, 0.1) is 0 Å². The normalized spacial score (nSPS) is 39.6. The Morgan fingerprint density at radius 3 is 2.88 bits per heavy atom. The fraction of sp³-hybridized carbons (Fsp3) is 0.667. The molecule has 5 nitrogen and oxygen atoms in total. The van der Waals surface area contributed by atoms with Gasteiger partial charge in [-0.2, -0.15) is 0 Å². The summed E-state index contributed by atoms with van der Waals surface area (Å²) in [6.07, 6.45) is -0.258. The predicted octanol–water partition coefficient (Wildman–Crippen LogP) is 0.110. The third-order valence-electron chi connectivity index (χ3n) is 3.55. The number of epoxide rings is 1. The molecular weight excluding hydrogens is 224 g/mol. The fourth-order valence-electron chi connectivity index (χ4n) is 2.64. The number of Topliss-reactive ketones (excluding diaryl/α,β-unsaturated/α-hetero) is 1. The zero-order valence-electron chi connectivity index (χ0n) is 9.51. The van der Waals surface area contributed by atoms with Gasteiger partial charge in [0.2, 0.25) is 0 Å². The van der Waals surface area contributed by atoms with E-state index in [2.05, 4.69) is 0 Å². The topological polar surface area (TPSA) is 76.1 Å². The summed E-state index contributed by atoms with van der Waals surface area (Å²) in [6.45, 7) is 2.00. The average molecular weight is 238 g/mol. The lowest BCUT2D eigenvalue weighted by atomic mass is 9.83. The highest BCUT2D eigenvalue weighted by Crippen LogP contribution is 2.42. The molecular formula is C12H14O5. The van der Waals surface area contributed by atoms with Crippen LogP contribution >= 0.6 is 0 Å². The number of aliphatic hydroxyl groups is 1.